The largest absolute Gasteiger partial charge is 0.504 e. The van der Waals surface area contributed by atoms with Crippen LogP contribution in [-0.4, -0.2) is 48.9 Å². The fourth-order valence-electron chi connectivity index (χ4n) is 7.86. The fraction of sp³-hybridized carbons (Fsp3) is 0.300. The molecule has 4 aromatic rings. The maximum absolute atomic E-state index is 10.5. The molecule has 1 saturated heterocycles. The van der Waals surface area contributed by atoms with Crippen molar-refractivity contribution in [1.82, 2.24) is 0 Å². The van der Waals surface area contributed by atoms with Crippen LogP contribution in [-0.2, 0) is 9.47 Å². The Hall–Kier alpha value is -5.32. The molecule has 2 aliphatic heterocycles. The first-order valence-electron chi connectivity index (χ1n) is 16.3. The van der Waals surface area contributed by atoms with Crippen molar-refractivity contribution in [2.24, 2.45) is 5.41 Å². The standard InChI is InChI=1S/C40H40O10/c1-21-36(22-6-10-28(41)32(16-22)45-2)50-39(25-9-13-31(44)35(19-25)48-5)40(21)15-14-26-27(20-40)38(24-8-12-30(43)34(18-24)47-4)49-37(26)23-7-11-29(42)33(17-23)46-3/h6-13,16-19,36-39,41-44H,1,14-15,20H2,2-5H3/t36-,37+,38+,39-,40+/m0/s1. The molecule has 0 amide bonds. The molecule has 5 atom stereocenters. The summed E-state index contributed by atoms with van der Waals surface area (Å²) in [7, 11) is 6.04. The maximum Gasteiger partial charge on any atom is 0.160 e. The Bertz CT molecular complexity index is 2000. The summed E-state index contributed by atoms with van der Waals surface area (Å²) in [4.78, 5) is 0. The molecule has 0 unspecified atom stereocenters. The van der Waals surface area contributed by atoms with Gasteiger partial charge >= 0.3 is 0 Å². The lowest BCUT2D eigenvalue weighted by Crippen LogP contribution is -2.31. The Morgan fingerprint density at radius 1 is 0.560 bits per heavy atom. The molecule has 0 bridgehead atoms. The molecule has 4 N–H and O–H groups in total. The Labute approximate surface area is 290 Å². The van der Waals surface area contributed by atoms with Gasteiger partial charge in [-0.2, -0.15) is 0 Å². The van der Waals surface area contributed by atoms with E-state index in [0.29, 0.717) is 42.3 Å². The molecule has 7 rings (SSSR count). The van der Waals surface area contributed by atoms with Crippen LogP contribution in [0.25, 0.3) is 0 Å². The number of benzene rings is 4. The lowest BCUT2D eigenvalue weighted by molar-refractivity contribution is 0.00312. The smallest absolute Gasteiger partial charge is 0.160 e. The molecule has 1 spiro atoms. The number of aromatic hydroxyl groups is 4. The molecule has 0 saturated carbocycles. The SMILES string of the molecule is C=C1[C@@H](c2ccc(O)c(OC)c2)O[C@@H](c2ccc(O)c(OC)c2)[C@@]12CCC1=C(C2)[C@@H](c2ccc(O)c(OC)c2)O[C@@H]1c1ccc(O)c(OC)c1. The van der Waals surface area contributed by atoms with Gasteiger partial charge in [0, 0.05) is 5.41 Å². The van der Waals surface area contributed by atoms with Gasteiger partial charge in [-0.3, -0.25) is 0 Å². The van der Waals surface area contributed by atoms with Crippen molar-refractivity contribution in [3.63, 3.8) is 0 Å². The van der Waals surface area contributed by atoms with Crippen LogP contribution in [0.5, 0.6) is 46.0 Å². The number of ether oxygens (including phenoxy) is 6. The number of hydrogen-bond donors (Lipinski definition) is 4. The first-order valence-corrected chi connectivity index (χ1v) is 16.3. The van der Waals surface area contributed by atoms with Gasteiger partial charge in [0.2, 0.25) is 0 Å². The molecule has 4 aromatic carbocycles. The van der Waals surface area contributed by atoms with Gasteiger partial charge in [-0.15, -0.1) is 0 Å². The van der Waals surface area contributed by atoms with Gasteiger partial charge in [0.15, 0.2) is 46.0 Å². The van der Waals surface area contributed by atoms with Crippen molar-refractivity contribution in [2.45, 2.75) is 43.7 Å². The molecule has 50 heavy (non-hydrogen) atoms. The van der Waals surface area contributed by atoms with Crippen molar-refractivity contribution in [1.29, 1.82) is 0 Å². The normalized spacial score (nSPS) is 24.4. The van der Waals surface area contributed by atoms with Crippen LogP contribution in [0.15, 0.2) is 96.1 Å². The van der Waals surface area contributed by atoms with Gasteiger partial charge in [-0.1, -0.05) is 30.8 Å². The summed E-state index contributed by atoms with van der Waals surface area (Å²) in [5, 5.41) is 41.7. The highest BCUT2D eigenvalue weighted by molar-refractivity contribution is 5.53. The number of methoxy groups -OCH3 is 4. The maximum atomic E-state index is 10.5. The molecule has 3 aliphatic rings. The molecular weight excluding hydrogens is 640 g/mol. The zero-order chi connectivity index (χ0) is 35.3. The zero-order valence-electron chi connectivity index (χ0n) is 28.3. The third kappa shape index (κ3) is 5.35. The highest BCUT2D eigenvalue weighted by Gasteiger charge is 2.56. The highest BCUT2D eigenvalue weighted by atomic mass is 16.5. The van der Waals surface area contributed by atoms with Crippen molar-refractivity contribution >= 4 is 0 Å². The summed E-state index contributed by atoms with van der Waals surface area (Å²) in [6.45, 7) is 4.69. The van der Waals surface area contributed by atoms with Crippen LogP contribution in [0.1, 0.15) is 65.9 Å². The number of phenols is 4. The van der Waals surface area contributed by atoms with E-state index in [1.165, 1.54) is 28.4 Å². The van der Waals surface area contributed by atoms with Crippen LogP contribution >= 0.6 is 0 Å². The summed E-state index contributed by atoms with van der Waals surface area (Å²) in [6.07, 6.45) is -0.118. The Kier molecular flexibility index (Phi) is 8.53. The van der Waals surface area contributed by atoms with Gasteiger partial charge < -0.3 is 48.8 Å². The molecule has 0 aromatic heterocycles. The lowest BCUT2D eigenvalue weighted by atomic mass is 9.62. The van der Waals surface area contributed by atoms with Crippen LogP contribution in [0.4, 0.5) is 0 Å². The third-order valence-electron chi connectivity index (χ3n) is 10.4. The summed E-state index contributed by atoms with van der Waals surface area (Å²) in [5.74, 6) is 1.44. The fourth-order valence-corrected chi connectivity index (χ4v) is 7.86. The first kappa shape index (κ1) is 33.2. The van der Waals surface area contributed by atoms with E-state index in [9.17, 15) is 20.4 Å². The average molecular weight is 681 g/mol. The van der Waals surface area contributed by atoms with Gasteiger partial charge in [0.1, 0.15) is 18.3 Å². The van der Waals surface area contributed by atoms with E-state index in [4.69, 9.17) is 35.0 Å². The minimum absolute atomic E-state index is 0.0216. The third-order valence-corrected chi connectivity index (χ3v) is 10.4. The molecule has 2 heterocycles. The molecule has 10 nitrogen and oxygen atoms in total. The monoisotopic (exact) mass is 680 g/mol. The number of rotatable bonds is 8. The second-order valence-corrected chi connectivity index (χ2v) is 12.9. The van der Waals surface area contributed by atoms with Crippen LogP contribution < -0.4 is 18.9 Å². The van der Waals surface area contributed by atoms with Crippen molar-refractivity contribution in [3.05, 3.63) is 118 Å². The van der Waals surface area contributed by atoms with Gasteiger partial charge in [-0.25, -0.2) is 0 Å². The Balaban J connectivity index is 1.38. The molecule has 260 valence electrons. The first-order chi connectivity index (χ1) is 24.1. The van der Waals surface area contributed by atoms with E-state index in [1.54, 1.807) is 48.5 Å². The zero-order valence-corrected chi connectivity index (χ0v) is 28.3. The quantitative estimate of drug-likeness (QED) is 0.136. The topological polar surface area (TPSA) is 136 Å². The molecule has 0 radical (unpaired) electrons. The number of hydrogen-bond acceptors (Lipinski definition) is 10. The summed E-state index contributed by atoms with van der Waals surface area (Å²) in [6, 6.07) is 20.9. The number of phenolic OH excluding ortho intramolecular Hbond substituents is 4. The van der Waals surface area contributed by atoms with Crippen molar-refractivity contribution in [2.75, 3.05) is 28.4 Å². The van der Waals surface area contributed by atoms with E-state index in [1.807, 2.05) is 24.3 Å². The molecule has 1 aliphatic carbocycles. The predicted molar refractivity (Wildman–Crippen MR) is 184 cm³/mol. The van der Waals surface area contributed by atoms with Crippen LogP contribution in [0, 0.1) is 5.41 Å². The van der Waals surface area contributed by atoms with E-state index in [0.717, 1.165) is 39.0 Å². The molecular formula is C40H40O10. The molecule has 1 fully saturated rings. The van der Waals surface area contributed by atoms with Gasteiger partial charge in [0.25, 0.3) is 0 Å². The lowest BCUT2D eigenvalue weighted by Gasteiger charge is -2.40. The van der Waals surface area contributed by atoms with Gasteiger partial charge in [0.05, 0.1) is 34.5 Å². The van der Waals surface area contributed by atoms with Crippen molar-refractivity contribution < 1.29 is 48.8 Å². The van der Waals surface area contributed by atoms with E-state index >= 15 is 0 Å². The Morgan fingerprint density at radius 3 is 1.42 bits per heavy atom. The van der Waals surface area contributed by atoms with Crippen molar-refractivity contribution in [3.8, 4) is 46.0 Å². The van der Waals surface area contributed by atoms with E-state index in [-0.39, 0.29) is 23.0 Å². The predicted octanol–water partition coefficient (Wildman–Crippen LogP) is 7.89. The Morgan fingerprint density at radius 2 is 0.960 bits per heavy atom. The van der Waals surface area contributed by atoms with E-state index < -0.39 is 29.8 Å². The van der Waals surface area contributed by atoms with Crippen LogP contribution in [0.2, 0.25) is 0 Å². The summed E-state index contributed by atoms with van der Waals surface area (Å²) >= 11 is 0. The summed E-state index contributed by atoms with van der Waals surface area (Å²) < 4.78 is 35.8. The minimum atomic E-state index is -0.624. The highest BCUT2D eigenvalue weighted by Crippen LogP contribution is 2.67. The van der Waals surface area contributed by atoms with Gasteiger partial charge in [-0.05, 0) is 107 Å². The summed E-state index contributed by atoms with van der Waals surface area (Å²) in [5.41, 5.74) is 5.67. The second-order valence-electron chi connectivity index (χ2n) is 12.9. The van der Waals surface area contributed by atoms with Crippen LogP contribution in [0.3, 0.4) is 0 Å². The average Bonchev–Trinajstić information content (AvgIpc) is 3.64. The molecule has 10 heteroatoms. The minimum Gasteiger partial charge on any atom is -0.504 e. The second kappa shape index (κ2) is 12.9. The van der Waals surface area contributed by atoms with E-state index in [2.05, 4.69) is 0 Å².